The van der Waals surface area contributed by atoms with Crippen LogP contribution in [0.25, 0.3) is 0 Å². The quantitative estimate of drug-likeness (QED) is 0.924. The number of nitrogens with zero attached hydrogens (tertiary/aromatic N) is 2. The van der Waals surface area contributed by atoms with Crippen LogP contribution in [0, 0.1) is 0 Å². The average molecular weight is 291 g/mol. The van der Waals surface area contributed by atoms with E-state index in [1.54, 1.807) is 4.88 Å². The Kier molecular flexibility index (Phi) is 3.17. The molecule has 1 saturated carbocycles. The Morgan fingerprint density at radius 1 is 1.35 bits per heavy atom. The normalized spacial score (nSPS) is 30.4. The highest BCUT2D eigenvalue weighted by Crippen LogP contribution is 2.42. The van der Waals surface area contributed by atoms with Crippen molar-refractivity contribution in [3.63, 3.8) is 0 Å². The maximum atomic E-state index is 5.04. The van der Waals surface area contributed by atoms with Gasteiger partial charge in [-0.25, -0.2) is 4.98 Å². The molecular formula is C16H25N3S. The molecular weight excluding hydrogens is 266 g/mol. The van der Waals surface area contributed by atoms with E-state index in [9.17, 15) is 0 Å². The molecule has 2 heterocycles. The standard InChI is InChI=1S/C16H25N3S/c1-11(2)18-16(8-9-19(10-16)12-6-7-12)15-17-13-4-3-5-14(13)20-15/h11-12,18H,3-10H2,1-2H3. The molecule has 0 amide bonds. The van der Waals surface area contributed by atoms with E-state index in [2.05, 4.69) is 24.1 Å². The SMILES string of the molecule is CC(C)NC1(c2nc3c(s2)CCC3)CCN(C2CC2)C1. The van der Waals surface area contributed by atoms with Crippen LogP contribution in [0.5, 0.6) is 0 Å². The van der Waals surface area contributed by atoms with Gasteiger partial charge in [0.25, 0.3) is 0 Å². The van der Waals surface area contributed by atoms with E-state index in [0.717, 1.165) is 6.04 Å². The fourth-order valence-electron chi connectivity index (χ4n) is 3.89. The number of likely N-dealkylation sites (tertiary alicyclic amines) is 1. The van der Waals surface area contributed by atoms with Crippen molar-refractivity contribution in [3.8, 4) is 0 Å². The van der Waals surface area contributed by atoms with Gasteiger partial charge in [-0.2, -0.15) is 0 Å². The van der Waals surface area contributed by atoms with Crippen molar-refractivity contribution in [2.24, 2.45) is 0 Å². The number of hydrogen-bond acceptors (Lipinski definition) is 4. The third-order valence-electron chi connectivity index (χ3n) is 4.93. The van der Waals surface area contributed by atoms with Crippen LogP contribution in [-0.4, -0.2) is 35.1 Å². The minimum atomic E-state index is 0.131. The molecule has 1 N–H and O–H groups in total. The van der Waals surface area contributed by atoms with E-state index in [0.29, 0.717) is 6.04 Å². The summed E-state index contributed by atoms with van der Waals surface area (Å²) in [6.45, 7) is 6.95. The highest BCUT2D eigenvalue weighted by molar-refractivity contribution is 7.12. The highest BCUT2D eigenvalue weighted by atomic mass is 32.1. The van der Waals surface area contributed by atoms with E-state index in [1.165, 1.54) is 62.3 Å². The molecule has 0 bridgehead atoms. The molecule has 110 valence electrons. The Balaban J connectivity index is 1.63. The summed E-state index contributed by atoms with van der Waals surface area (Å²) in [5.41, 5.74) is 1.53. The molecule has 3 aliphatic rings. The van der Waals surface area contributed by atoms with Crippen molar-refractivity contribution in [2.45, 2.75) is 70.0 Å². The molecule has 1 aromatic heterocycles. The molecule has 4 heteroatoms. The van der Waals surface area contributed by atoms with Crippen LogP contribution < -0.4 is 5.32 Å². The van der Waals surface area contributed by atoms with Gasteiger partial charge in [0.15, 0.2) is 0 Å². The largest absolute Gasteiger partial charge is 0.302 e. The molecule has 1 atom stereocenters. The lowest BCUT2D eigenvalue weighted by Crippen LogP contribution is -2.48. The summed E-state index contributed by atoms with van der Waals surface area (Å²) in [6.07, 6.45) is 7.83. The first-order valence-corrected chi connectivity index (χ1v) is 8.99. The summed E-state index contributed by atoms with van der Waals surface area (Å²) in [7, 11) is 0. The first-order valence-electron chi connectivity index (χ1n) is 8.17. The highest BCUT2D eigenvalue weighted by Gasteiger charge is 2.46. The lowest BCUT2D eigenvalue weighted by atomic mass is 9.98. The lowest BCUT2D eigenvalue weighted by Gasteiger charge is -2.31. The van der Waals surface area contributed by atoms with Gasteiger partial charge in [-0.3, -0.25) is 4.90 Å². The summed E-state index contributed by atoms with van der Waals surface area (Å²) in [6, 6.07) is 1.39. The van der Waals surface area contributed by atoms with Gasteiger partial charge in [-0.15, -0.1) is 11.3 Å². The van der Waals surface area contributed by atoms with Crippen LogP contribution in [0.2, 0.25) is 0 Å². The number of thiazole rings is 1. The van der Waals surface area contributed by atoms with Crippen LogP contribution in [0.3, 0.4) is 0 Å². The van der Waals surface area contributed by atoms with Gasteiger partial charge in [-0.05, 0) is 52.4 Å². The lowest BCUT2D eigenvalue weighted by molar-refractivity contribution is 0.262. The molecule has 1 aromatic rings. The molecule has 20 heavy (non-hydrogen) atoms. The Bertz CT molecular complexity index is 484. The second-order valence-electron chi connectivity index (χ2n) is 7.08. The summed E-state index contributed by atoms with van der Waals surface area (Å²) >= 11 is 1.99. The van der Waals surface area contributed by atoms with Gasteiger partial charge in [0.2, 0.25) is 0 Å². The van der Waals surface area contributed by atoms with E-state index in [-0.39, 0.29) is 5.54 Å². The Labute approximate surface area is 125 Å². The van der Waals surface area contributed by atoms with E-state index < -0.39 is 0 Å². The van der Waals surface area contributed by atoms with Crippen LogP contribution in [0.4, 0.5) is 0 Å². The Hall–Kier alpha value is -0.450. The first kappa shape index (κ1) is 13.2. The first-order chi connectivity index (χ1) is 9.66. The fourth-order valence-corrected chi connectivity index (χ4v) is 5.21. The average Bonchev–Trinajstić information content (AvgIpc) is 2.83. The van der Waals surface area contributed by atoms with E-state index >= 15 is 0 Å². The van der Waals surface area contributed by atoms with Gasteiger partial charge >= 0.3 is 0 Å². The minimum absolute atomic E-state index is 0.131. The predicted molar refractivity (Wildman–Crippen MR) is 83.3 cm³/mol. The van der Waals surface area contributed by atoms with Gasteiger partial charge in [0.1, 0.15) is 5.01 Å². The smallest absolute Gasteiger partial charge is 0.115 e. The molecule has 0 radical (unpaired) electrons. The summed E-state index contributed by atoms with van der Waals surface area (Å²) in [4.78, 5) is 9.30. The fraction of sp³-hybridized carbons (Fsp3) is 0.812. The number of aryl methyl sites for hydroxylation is 2. The summed E-state index contributed by atoms with van der Waals surface area (Å²) < 4.78 is 0. The van der Waals surface area contributed by atoms with E-state index in [4.69, 9.17) is 4.98 Å². The van der Waals surface area contributed by atoms with Crippen molar-refractivity contribution < 1.29 is 0 Å². The second-order valence-corrected chi connectivity index (χ2v) is 8.16. The number of hydrogen-bond donors (Lipinski definition) is 1. The van der Waals surface area contributed by atoms with Crippen LogP contribution in [0.15, 0.2) is 0 Å². The number of aromatic nitrogens is 1. The summed E-state index contributed by atoms with van der Waals surface area (Å²) in [5.74, 6) is 0. The summed E-state index contributed by atoms with van der Waals surface area (Å²) in [5, 5.41) is 5.25. The van der Waals surface area contributed by atoms with Gasteiger partial charge in [0, 0.05) is 30.1 Å². The minimum Gasteiger partial charge on any atom is -0.302 e. The molecule has 0 aromatic carbocycles. The van der Waals surface area contributed by atoms with Crippen molar-refractivity contribution in [1.82, 2.24) is 15.2 Å². The number of rotatable bonds is 4. The van der Waals surface area contributed by atoms with Gasteiger partial charge in [0.05, 0.1) is 11.2 Å². The maximum absolute atomic E-state index is 5.04. The monoisotopic (exact) mass is 291 g/mol. The molecule has 2 fully saturated rings. The van der Waals surface area contributed by atoms with Gasteiger partial charge in [-0.1, -0.05) is 0 Å². The zero-order valence-corrected chi connectivity index (χ0v) is 13.4. The molecule has 1 unspecified atom stereocenters. The van der Waals surface area contributed by atoms with Crippen LogP contribution >= 0.6 is 11.3 Å². The van der Waals surface area contributed by atoms with Crippen LogP contribution in [0.1, 0.15) is 55.1 Å². The maximum Gasteiger partial charge on any atom is 0.115 e. The third kappa shape index (κ3) is 2.22. The molecule has 1 aliphatic heterocycles. The molecule has 1 saturated heterocycles. The predicted octanol–water partition coefficient (Wildman–Crippen LogP) is 2.69. The zero-order chi connectivity index (χ0) is 13.7. The molecule has 2 aliphatic carbocycles. The second kappa shape index (κ2) is 4.79. The zero-order valence-electron chi connectivity index (χ0n) is 12.6. The molecule has 0 spiro atoms. The van der Waals surface area contributed by atoms with E-state index in [1.807, 2.05) is 11.3 Å². The van der Waals surface area contributed by atoms with Crippen LogP contribution in [-0.2, 0) is 18.4 Å². The third-order valence-corrected chi connectivity index (χ3v) is 6.29. The Morgan fingerprint density at radius 2 is 2.20 bits per heavy atom. The van der Waals surface area contributed by atoms with Crippen molar-refractivity contribution in [2.75, 3.05) is 13.1 Å². The molecule has 4 rings (SSSR count). The number of nitrogens with one attached hydrogen (secondary N) is 1. The van der Waals surface area contributed by atoms with Crippen molar-refractivity contribution in [1.29, 1.82) is 0 Å². The topological polar surface area (TPSA) is 28.2 Å². The molecule has 3 nitrogen and oxygen atoms in total. The van der Waals surface area contributed by atoms with Gasteiger partial charge < -0.3 is 5.32 Å². The van der Waals surface area contributed by atoms with Crippen molar-refractivity contribution >= 4 is 11.3 Å². The van der Waals surface area contributed by atoms with Crippen molar-refractivity contribution in [3.05, 3.63) is 15.6 Å². The number of fused-ring (bicyclic) bond motifs is 1. The Morgan fingerprint density at radius 3 is 2.90 bits per heavy atom.